The summed E-state index contributed by atoms with van der Waals surface area (Å²) in [7, 11) is 0. The first-order chi connectivity index (χ1) is 11.5. The number of rotatable bonds is 7. The number of hydrogen-bond donors (Lipinski definition) is 2. The molecule has 0 aliphatic rings. The van der Waals surface area contributed by atoms with E-state index < -0.39 is 0 Å². The average Bonchev–Trinajstić information content (AvgIpc) is 2.55. The zero-order chi connectivity index (χ0) is 17.5. The molecule has 0 aliphatic carbocycles. The van der Waals surface area contributed by atoms with Crippen molar-refractivity contribution in [3.63, 3.8) is 0 Å². The maximum Gasteiger partial charge on any atom is 0.234 e. The summed E-state index contributed by atoms with van der Waals surface area (Å²) in [6.45, 7) is 6.93. The molecule has 0 heterocycles. The molecule has 2 rings (SSSR count). The first-order valence-corrected chi connectivity index (χ1v) is 8.27. The highest BCUT2D eigenvalue weighted by Gasteiger charge is 2.16. The highest BCUT2D eigenvalue weighted by atomic mass is 19.1. The van der Waals surface area contributed by atoms with E-state index in [9.17, 15) is 9.18 Å². The second kappa shape index (κ2) is 8.60. The molecule has 2 aromatic carbocycles. The van der Waals surface area contributed by atoms with Gasteiger partial charge >= 0.3 is 0 Å². The fourth-order valence-corrected chi connectivity index (χ4v) is 2.68. The van der Waals surface area contributed by atoms with Gasteiger partial charge in [0.05, 0.1) is 6.54 Å². The zero-order valence-corrected chi connectivity index (χ0v) is 14.5. The first-order valence-electron chi connectivity index (χ1n) is 8.27. The highest BCUT2D eigenvalue weighted by Crippen LogP contribution is 2.21. The van der Waals surface area contributed by atoms with E-state index in [-0.39, 0.29) is 24.3 Å². The van der Waals surface area contributed by atoms with Gasteiger partial charge in [0.1, 0.15) is 5.82 Å². The maximum absolute atomic E-state index is 13.1. The van der Waals surface area contributed by atoms with E-state index in [1.165, 1.54) is 12.1 Å². The molecule has 0 saturated heterocycles. The van der Waals surface area contributed by atoms with Crippen molar-refractivity contribution in [2.45, 2.75) is 33.4 Å². The number of carbonyl (C=O) groups is 1. The van der Waals surface area contributed by atoms with Crippen LogP contribution in [0.3, 0.4) is 0 Å². The van der Waals surface area contributed by atoms with Crippen LogP contribution in [0, 0.1) is 18.7 Å². The normalized spacial score (nSPS) is 12.2. The Labute approximate surface area is 143 Å². The van der Waals surface area contributed by atoms with E-state index in [4.69, 9.17) is 0 Å². The smallest absolute Gasteiger partial charge is 0.234 e. The van der Waals surface area contributed by atoms with Gasteiger partial charge in [-0.1, -0.05) is 50.2 Å². The minimum atomic E-state index is -0.253. The van der Waals surface area contributed by atoms with E-state index in [0.29, 0.717) is 12.5 Å². The van der Waals surface area contributed by atoms with Crippen molar-refractivity contribution in [2.75, 3.05) is 6.54 Å². The van der Waals surface area contributed by atoms with Crippen molar-refractivity contribution >= 4 is 5.91 Å². The summed E-state index contributed by atoms with van der Waals surface area (Å²) >= 11 is 0. The van der Waals surface area contributed by atoms with Crippen LogP contribution >= 0.6 is 0 Å². The summed E-state index contributed by atoms with van der Waals surface area (Å²) in [6, 6.07) is 14.4. The lowest BCUT2D eigenvalue weighted by molar-refractivity contribution is -0.120. The second-order valence-corrected chi connectivity index (χ2v) is 6.36. The molecule has 24 heavy (non-hydrogen) atoms. The molecule has 2 aromatic rings. The fourth-order valence-electron chi connectivity index (χ4n) is 2.68. The van der Waals surface area contributed by atoms with Crippen LogP contribution in [0.2, 0.25) is 0 Å². The Bertz CT molecular complexity index is 668. The number of hydrogen-bond acceptors (Lipinski definition) is 2. The molecule has 0 spiro atoms. The van der Waals surface area contributed by atoms with Crippen molar-refractivity contribution in [3.8, 4) is 0 Å². The van der Waals surface area contributed by atoms with Crippen molar-refractivity contribution in [1.82, 2.24) is 10.6 Å². The van der Waals surface area contributed by atoms with E-state index in [1.54, 1.807) is 12.1 Å². The Kier molecular flexibility index (Phi) is 6.50. The molecular formula is C20H25FN2O. The molecule has 0 aliphatic heterocycles. The van der Waals surface area contributed by atoms with Gasteiger partial charge in [-0.3, -0.25) is 4.79 Å². The van der Waals surface area contributed by atoms with Gasteiger partial charge in [0.2, 0.25) is 5.91 Å². The molecule has 128 valence electrons. The van der Waals surface area contributed by atoms with Gasteiger partial charge in [0.25, 0.3) is 0 Å². The zero-order valence-electron chi connectivity index (χ0n) is 14.5. The molecule has 0 unspecified atom stereocenters. The molecule has 0 saturated carbocycles. The van der Waals surface area contributed by atoms with Gasteiger partial charge in [0, 0.05) is 12.6 Å². The minimum Gasteiger partial charge on any atom is -0.351 e. The van der Waals surface area contributed by atoms with Crippen molar-refractivity contribution in [3.05, 3.63) is 71.0 Å². The minimum absolute atomic E-state index is 0.00908. The number of halogens is 1. The van der Waals surface area contributed by atoms with Crippen LogP contribution in [-0.2, 0) is 11.3 Å². The lowest BCUT2D eigenvalue weighted by atomic mass is 9.96. The van der Waals surface area contributed by atoms with E-state index in [0.717, 1.165) is 16.7 Å². The number of benzene rings is 2. The summed E-state index contributed by atoms with van der Waals surface area (Å²) < 4.78 is 13.1. The molecular weight excluding hydrogens is 303 g/mol. The molecule has 0 fully saturated rings. The van der Waals surface area contributed by atoms with Gasteiger partial charge in [-0.2, -0.15) is 0 Å². The first kappa shape index (κ1) is 18.1. The maximum atomic E-state index is 13.1. The topological polar surface area (TPSA) is 41.1 Å². The Hall–Kier alpha value is -2.20. The number of amides is 1. The second-order valence-electron chi connectivity index (χ2n) is 6.36. The Morgan fingerprint density at radius 1 is 1.08 bits per heavy atom. The van der Waals surface area contributed by atoms with Crippen LogP contribution in [-0.4, -0.2) is 12.5 Å². The van der Waals surface area contributed by atoms with Gasteiger partial charge < -0.3 is 10.6 Å². The number of aryl methyl sites for hydroxylation is 1. The summed E-state index contributed by atoms with van der Waals surface area (Å²) in [5, 5.41) is 6.20. The quantitative estimate of drug-likeness (QED) is 0.813. The van der Waals surface area contributed by atoms with Crippen LogP contribution in [0.1, 0.15) is 36.6 Å². The van der Waals surface area contributed by atoms with Crippen molar-refractivity contribution in [1.29, 1.82) is 0 Å². The van der Waals surface area contributed by atoms with Crippen molar-refractivity contribution in [2.24, 2.45) is 5.92 Å². The molecule has 4 heteroatoms. The van der Waals surface area contributed by atoms with E-state index >= 15 is 0 Å². The highest BCUT2D eigenvalue weighted by molar-refractivity contribution is 5.78. The standard InChI is InChI=1S/C20H25FN2O/c1-14(2)20(16-8-10-18(21)11-9-16)23-13-19(24)22-12-17-7-5-4-6-15(17)3/h4-11,14,20,23H,12-13H2,1-3H3,(H,22,24)/t20-/m1/s1. The van der Waals surface area contributed by atoms with Crippen LogP contribution in [0.25, 0.3) is 0 Å². The lowest BCUT2D eigenvalue weighted by Crippen LogP contribution is -2.37. The summed E-state index contributed by atoms with van der Waals surface area (Å²) in [6.07, 6.45) is 0. The monoisotopic (exact) mass is 328 g/mol. The SMILES string of the molecule is Cc1ccccc1CNC(=O)CN[C@@H](c1ccc(F)cc1)C(C)C. The van der Waals surface area contributed by atoms with Gasteiger partial charge in [-0.15, -0.1) is 0 Å². The third-order valence-electron chi connectivity index (χ3n) is 4.12. The molecule has 0 aromatic heterocycles. The summed E-state index contributed by atoms with van der Waals surface area (Å²) in [5.74, 6) is -0.0112. The third-order valence-corrected chi connectivity index (χ3v) is 4.12. The van der Waals surface area contributed by atoms with Crippen molar-refractivity contribution < 1.29 is 9.18 Å². The molecule has 2 N–H and O–H groups in total. The Morgan fingerprint density at radius 2 is 1.75 bits per heavy atom. The predicted octanol–water partition coefficient (Wildman–Crippen LogP) is 3.74. The number of carbonyl (C=O) groups excluding carboxylic acids is 1. The van der Waals surface area contributed by atoms with E-state index in [1.807, 2.05) is 31.2 Å². The largest absolute Gasteiger partial charge is 0.351 e. The Balaban J connectivity index is 1.88. The molecule has 0 bridgehead atoms. The fraction of sp³-hybridized carbons (Fsp3) is 0.350. The molecule has 0 radical (unpaired) electrons. The predicted molar refractivity (Wildman–Crippen MR) is 95.0 cm³/mol. The van der Waals surface area contributed by atoms with Crippen LogP contribution < -0.4 is 10.6 Å². The van der Waals surface area contributed by atoms with Crippen LogP contribution in [0.4, 0.5) is 4.39 Å². The van der Waals surface area contributed by atoms with Crippen LogP contribution in [0.15, 0.2) is 48.5 Å². The van der Waals surface area contributed by atoms with Gasteiger partial charge in [-0.05, 0) is 41.7 Å². The van der Waals surface area contributed by atoms with Gasteiger partial charge in [-0.25, -0.2) is 4.39 Å². The van der Waals surface area contributed by atoms with Gasteiger partial charge in [0.15, 0.2) is 0 Å². The summed E-state index contributed by atoms with van der Waals surface area (Å²) in [4.78, 5) is 12.1. The van der Waals surface area contributed by atoms with Crippen LogP contribution in [0.5, 0.6) is 0 Å². The average molecular weight is 328 g/mol. The molecule has 1 atom stereocenters. The molecule has 1 amide bonds. The third kappa shape index (κ3) is 5.17. The molecule has 3 nitrogen and oxygen atoms in total. The van der Waals surface area contributed by atoms with E-state index in [2.05, 4.69) is 24.5 Å². The Morgan fingerprint density at radius 3 is 2.38 bits per heavy atom. The summed E-state index contributed by atoms with van der Waals surface area (Å²) in [5.41, 5.74) is 3.26. The lowest BCUT2D eigenvalue weighted by Gasteiger charge is -2.23. The number of nitrogens with one attached hydrogen (secondary N) is 2.